The molecule has 3 rings (SSSR count). The van der Waals surface area contributed by atoms with Crippen LogP contribution in [0.2, 0.25) is 5.15 Å². The van der Waals surface area contributed by atoms with Crippen LogP contribution in [0.15, 0.2) is 30.6 Å². The molecule has 1 atom stereocenters. The van der Waals surface area contributed by atoms with Crippen LogP contribution in [0, 0.1) is 0 Å². The van der Waals surface area contributed by atoms with Crippen molar-refractivity contribution in [3.8, 4) is 5.88 Å². The van der Waals surface area contributed by atoms with Gasteiger partial charge < -0.3 is 20.1 Å². The van der Waals surface area contributed by atoms with Crippen LogP contribution >= 0.6 is 11.6 Å². The Hall–Kier alpha value is -3.25. The second-order valence-corrected chi connectivity index (χ2v) is 6.73. The number of fused-ring (bicyclic) bond motifs is 1. The fraction of sp³-hybridized carbons (Fsp3) is 0.263. The highest BCUT2D eigenvalue weighted by Gasteiger charge is 2.21. The molecule has 2 N–H and O–H groups in total. The number of nitrogens with one attached hydrogen (secondary N) is 2. The molecule has 0 bridgehead atoms. The van der Waals surface area contributed by atoms with Crippen molar-refractivity contribution in [1.82, 2.24) is 15.0 Å². The topological polar surface area (TPSA) is 98.3 Å². The van der Waals surface area contributed by atoms with E-state index in [0.717, 1.165) is 12.3 Å². The lowest BCUT2D eigenvalue weighted by atomic mass is 10.1. The molecule has 0 aromatic carbocycles. The van der Waals surface area contributed by atoms with E-state index in [-0.39, 0.29) is 16.5 Å². The number of ether oxygens (including phenoxy) is 2. The van der Waals surface area contributed by atoms with Crippen LogP contribution in [0.1, 0.15) is 30.6 Å². The Kier molecular flexibility index (Phi) is 7.26. The van der Waals surface area contributed by atoms with E-state index >= 15 is 0 Å². The van der Waals surface area contributed by atoms with E-state index in [0.29, 0.717) is 16.6 Å². The maximum absolute atomic E-state index is 13.2. The van der Waals surface area contributed by atoms with Crippen LogP contribution in [0.25, 0.3) is 11.0 Å². The predicted molar refractivity (Wildman–Crippen MR) is 108 cm³/mol. The number of hydrogen-bond donors (Lipinski definition) is 2. The molecule has 3 aromatic rings. The number of anilines is 2. The first kappa shape index (κ1) is 23.4. The summed E-state index contributed by atoms with van der Waals surface area (Å²) in [5.41, 5.74) is 0.569. The third kappa shape index (κ3) is 5.32. The van der Waals surface area contributed by atoms with Crippen LogP contribution in [0.4, 0.5) is 33.7 Å². The van der Waals surface area contributed by atoms with E-state index in [1.54, 1.807) is 19.1 Å². The van der Waals surface area contributed by atoms with Gasteiger partial charge in [0, 0.05) is 12.7 Å². The maximum atomic E-state index is 13.2. The van der Waals surface area contributed by atoms with Crippen molar-refractivity contribution in [3.05, 3.63) is 46.9 Å². The van der Waals surface area contributed by atoms with Crippen LogP contribution in [0.5, 0.6) is 5.88 Å². The fourth-order valence-electron chi connectivity index (χ4n) is 2.85. The molecular weight excluding hydrogens is 458 g/mol. The number of urea groups is 1. The number of carbonyl (C=O) groups excluding carboxylic acids is 1. The second-order valence-electron chi connectivity index (χ2n) is 6.34. The van der Waals surface area contributed by atoms with Crippen molar-refractivity contribution in [2.75, 3.05) is 17.7 Å². The van der Waals surface area contributed by atoms with E-state index in [9.17, 15) is 22.4 Å². The Labute approximate surface area is 183 Å². The zero-order valence-corrected chi connectivity index (χ0v) is 17.3. The molecule has 3 heterocycles. The van der Waals surface area contributed by atoms with Crippen LogP contribution < -0.4 is 15.4 Å². The Morgan fingerprint density at radius 3 is 2.53 bits per heavy atom. The third-order valence-corrected chi connectivity index (χ3v) is 4.51. The van der Waals surface area contributed by atoms with Gasteiger partial charge >= 0.3 is 12.6 Å². The lowest BCUT2D eigenvalue weighted by molar-refractivity contribution is -0.0550. The van der Waals surface area contributed by atoms with E-state index in [4.69, 9.17) is 16.3 Å². The lowest BCUT2D eigenvalue weighted by Gasteiger charge is -2.18. The first-order valence-electron chi connectivity index (χ1n) is 8.98. The Balaban J connectivity index is 1.88. The van der Waals surface area contributed by atoms with Gasteiger partial charge in [-0.2, -0.15) is 8.78 Å². The highest BCUT2D eigenvalue weighted by molar-refractivity contribution is 6.29. The molecule has 3 aromatic heterocycles. The molecule has 0 radical (unpaired) electrons. The molecule has 0 aliphatic carbocycles. The fourth-order valence-corrected chi connectivity index (χ4v) is 3.00. The largest absolute Gasteiger partial charge is 0.416 e. The number of nitrogens with zero attached hydrogens (tertiary/aromatic N) is 3. The SMILES string of the molecule is COC(C)c1c(NC(=O)Nc2cnc(OC(F)F)c(C(F)F)c2)cnc2ccc(Cl)nc12. The van der Waals surface area contributed by atoms with E-state index in [1.807, 2.05) is 0 Å². The molecule has 13 heteroatoms. The number of carbonyl (C=O) groups is 1. The highest BCUT2D eigenvalue weighted by atomic mass is 35.5. The molecule has 0 saturated heterocycles. The smallest absolute Gasteiger partial charge is 0.388 e. The number of pyridine rings is 3. The summed E-state index contributed by atoms with van der Waals surface area (Å²) in [7, 11) is 1.46. The summed E-state index contributed by atoms with van der Waals surface area (Å²) >= 11 is 5.98. The number of halogens is 5. The predicted octanol–water partition coefficient (Wildman–Crippen LogP) is 5.57. The normalized spacial score (nSPS) is 12.3. The minimum Gasteiger partial charge on any atom is -0.416 e. The minimum atomic E-state index is -3.33. The molecule has 1 unspecified atom stereocenters. The Morgan fingerprint density at radius 1 is 1.12 bits per heavy atom. The number of amides is 2. The first-order valence-corrected chi connectivity index (χ1v) is 9.36. The van der Waals surface area contributed by atoms with Crippen molar-refractivity contribution in [2.45, 2.75) is 26.1 Å². The van der Waals surface area contributed by atoms with Gasteiger partial charge in [0.05, 0.1) is 46.5 Å². The Bertz CT molecular complexity index is 1140. The van der Waals surface area contributed by atoms with Gasteiger partial charge in [0.2, 0.25) is 5.88 Å². The molecule has 32 heavy (non-hydrogen) atoms. The highest BCUT2D eigenvalue weighted by Crippen LogP contribution is 2.32. The monoisotopic (exact) mass is 473 g/mol. The van der Waals surface area contributed by atoms with E-state index in [1.165, 1.54) is 13.3 Å². The molecule has 0 fully saturated rings. The standard InChI is InChI=1S/C19H16ClF4N5O3/c1-8(31-2)14-12(7-25-11-3-4-13(20)29-15(11)14)28-19(30)27-9-5-10(16(21)22)17(26-6-9)32-18(23)24/h3-8,16,18H,1-2H3,(H2,27,28,30). The van der Waals surface area contributed by atoms with Crippen molar-refractivity contribution < 1.29 is 31.8 Å². The van der Waals surface area contributed by atoms with Crippen molar-refractivity contribution >= 4 is 40.0 Å². The Morgan fingerprint density at radius 2 is 1.88 bits per heavy atom. The van der Waals surface area contributed by atoms with Crippen LogP contribution in [-0.2, 0) is 4.74 Å². The third-order valence-electron chi connectivity index (χ3n) is 4.30. The van der Waals surface area contributed by atoms with Gasteiger partial charge in [-0.25, -0.2) is 23.5 Å². The molecule has 0 saturated carbocycles. The maximum Gasteiger partial charge on any atom is 0.388 e. The first-order chi connectivity index (χ1) is 15.2. The van der Waals surface area contributed by atoms with E-state index in [2.05, 4.69) is 30.3 Å². The zero-order valence-electron chi connectivity index (χ0n) is 16.6. The number of methoxy groups -OCH3 is 1. The number of hydrogen-bond acceptors (Lipinski definition) is 6. The van der Waals surface area contributed by atoms with Gasteiger partial charge in [-0.1, -0.05) is 11.6 Å². The summed E-state index contributed by atoms with van der Waals surface area (Å²) in [5, 5.41) is 5.06. The average molecular weight is 474 g/mol. The molecule has 2 amide bonds. The molecule has 8 nitrogen and oxygen atoms in total. The summed E-state index contributed by atoms with van der Waals surface area (Å²) < 4.78 is 60.4. The summed E-state index contributed by atoms with van der Waals surface area (Å²) in [6.07, 6.45) is -1.39. The average Bonchev–Trinajstić information content (AvgIpc) is 2.73. The second kappa shape index (κ2) is 9.92. The van der Waals surface area contributed by atoms with Crippen molar-refractivity contribution in [3.63, 3.8) is 0 Å². The molecule has 170 valence electrons. The summed E-state index contributed by atoms with van der Waals surface area (Å²) in [6.45, 7) is -1.60. The summed E-state index contributed by atoms with van der Waals surface area (Å²) in [6, 6.07) is 3.17. The van der Waals surface area contributed by atoms with Gasteiger partial charge in [0.1, 0.15) is 5.15 Å². The molecular formula is C19H16ClF4N5O3. The van der Waals surface area contributed by atoms with Crippen LogP contribution in [0.3, 0.4) is 0 Å². The lowest BCUT2D eigenvalue weighted by Crippen LogP contribution is -2.21. The van der Waals surface area contributed by atoms with Gasteiger partial charge in [0.25, 0.3) is 6.43 Å². The molecule has 0 aliphatic rings. The van der Waals surface area contributed by atoms with Gasteiger partial charge in [0.15, 0.2) is 0 Å². The van der Waals surface area contributed by atoms with Gasteiger partial charge in [-0.15, -0.1) is 0 Å². The number of rotatable bonds is 7. The van der Waals surface area contributed by atoms with E-state index < -0.39 is 36.6 Å². The minimum absolute atomic E-state index is 0.171. The van der Waals surface area contributed by atoms with Crippen molar-refractivity contribution in [2.24, 2.45) is 0 Å². The van der Waals surface area contributed by atoms with Gasteiger partial charge in [-0.3, -0.25) is 4.98 Å². The van der Waals surface area contributed by atoms with Gasteiger partial charge in [-0.05, 0) is 25.1 Å². The zero-order chi connectivity index (χ0) is 23.4. The summed E-state index contributed by atoms with van der Waals surface area (Å²) in [5.74, 6) is -0.932. The molecule has 0 spiro atoms. The molecule has 0 aliphatic heterocycles. The summed E-state index contributed by atoms with van der Waals surface area (Å²) in [4.78, 5) is 24.4. The number of aromatic nitrogens is 3. The van der Waals surface area contributed by atoms with Crippen molar-refractivity contribution in [1.29, 1.82) is 0 Å². The quantitative estimate of drug-likeness (QED) is 0.344. The van der Waals surface area contributed by atoms with Crippen LogP contribution in [-0.4, -0.2) is 34.7 Å². The number of alkyl halides is 4.